The molecule has 0 bridgehead atoms. The molecule has 0 saturated heterocycles. The minimum absolute atomic E-state index is 0.135. The predicted molar refractivity (Wildman–Crippen MR) is 115 cm³/mol. The van der Waals surface area contributed by atoms with Crippen molar-refractivity contribution >= 4 is 33.3 Å². The Kier molecular flexibility index (Phi) is 5.57. The van der Waals surface area contributed by atoms with Crippen LogP contribution in [0.3, 0.4) is 0 Å². The van der Waals surface area contributed by atoms with Gasteiger partial charge in [-0.15, -0.1) is 10.2 Å². The van der Waals surface area contributed by atoms with Gasteiger partial charge in [-0.25, -0.2) is 0 Å². The highest BCUT2D eigenvalue weighted by Crippen LogP contribution is 2.28. The van der Waals surface area contributed by atoms with Crippen LogP contribution in [0.4, 0.5) is 5.13 Å². The molecule has 0 fully saturated rings. The number of benzene rings is 2. The predicted octanol–water partition coefficient (Wildman–Crippen LogP) is 4.83. The van der Waals surface area contributed by atoms with Crippen LogP contribution in [0.1, 0.15) is 30.3 Å². The van der Waals surface area contributed by atoms with Crippen LogP contribution in [0.5, 0.6) is 5.75 Å². The third kappa shape index (κ3) is 4.46. The molecule has 0 spiro atoms. The number of carbonyl (C=O) groups is 1. The van der Waals surface area contributed by atoms with Gasteiger partial charge in [0.15, 0.2) is 0 Å². The molecular weight excluding hydrogens is 384 g/mol. The summed E-state index contributed by atoms with van der Waals surface area (Å²) in [5.74, 6) is 0.960. The highest BCUT2D eigenvalue weighted by atomic mass is 32.1. The number of rotatable bonds is 7. The van der Waals surface area contributed by atoms with Crippen molar-refractivity contribution < 1.29 is 9.53 Å². The van der Waals surface area contributed by atoms with Crippen LogP contribution < -0.4 is 10.1 Å². The fraction of sp³-hybridized carbons (Fsp3) is 0.227. The van der Waals surface area contributed by atoms with E-state index in [0.29, 0.717) is 17.7 Å². The van der Waals surface area contributed by atoms with E-state index in [-0.39, 0.29) is 12.5 Å². The highest BCUT2D eigenvalue weighted by Gasteiger charge is 2.13. The number of carbonyl (C=O) groups excluding carboxylic acids is 1. The Labute approximate surface area is 173 Å². The van der Waals surface area contributed by atoms with Crippen LogP contribution in [0.25, 0.3) is 10.9 Å². The zero-order chi connectivity index (χ0) is 20.2. The van der Waals surface area contributed by atoms with Gasteiger partial charge in [0.1, 0.15) is 23.9 Å². The molecule has 0 atom stereocenters. The van der Waals surface area contributed by atoms with Crippen molar-refractivity contribution in [1.82, 2.24) is 14.8 Å². The van der Waals surface area contributed by atoms with E-state index in [4.69, 9.17) is 4.74 Å². The second-order valence-corrected chi connectivity index (χ2v) is 8.06. The normalized spacial score (nSPS) is 11.1. The Morgan fingerprint density at radius 1 is 1.10 bits per heavy atom. The zero-order valence-electron chi connectivity index (χ0n) is 16.3. The molecule has 29 heavy (non-hydrogen) atoms. The fourth-order valence-corrected chi connectivity index (χ4v) is 3.79. The molecule has 6 nitrogen and oxygen atoms in total. The smallest absolute Gasteiger partial charge is 0.246 e. The van der Waals surface area contributed by atoms with Crippen molar-refractivity contribution in [3.63, 3.8) is 0 Å². The fourth-order valence-electron chi connectivity index (χ4n) is 3.03. The Morgan fingerprint density at radius 2 is 1.93 bits per heavy atom. The van der Waals surface area contributed by atoms with Crippen molar-refractivity contribution in [1.29, 1.82) is 0 Å². The van der Waals surface area contributed by atoms with Gasteiger partial charge < -0.3 is 9.30 Å². The number of nitrogens with one attached hydrogen (secondary N) is 1. The van der Waals surface area contributed by atoms with E-state index in [2.05, 4.69) is 29.4 Å². The summed E-state index contributed by atoms with van der Waals surface area (Å²) in [5, 5.41) is 13.4. The number of fused-ring (bicyclic) bond motifs is 1. The largest absolute Gasteiger partial charge is 0.488 e. The van der Waals surface area contributed by atoms with E-state index >= 15 is 0 Å². The van der Waals surface area contributed by atoms with E-state index < -0.39 is 0 Å². The molecule has 0 aliphatic rings. The highest BCUT2D eigenvalue weighted by molar-refractivity contribution is 7.15. The van der Waals surface area contributed by atoms with Crippen LogP contribution in [-0.2, 0) is 17.9 Å². The summed E-state index contributed by atoms with van der Waals surface area (Å²) in [4.78, 5) is 12.5. The van der Waals surface area contributed by atoms with Gasteiger partial charge in [-0.3, -0.25) is 10.1 Å². The molecule has 2 aromatic carbocycles. The second kappa shape index (κ2) is 8.45. The summed E-state index contributed by atoms with van der Waals surface area (Å²) in [6.07, 6.45) is 1.90. The molecule has 0 radical (unpaired) electrons. The van der Waals surface area contributed by atoms with Gasteiger partial charge in [-0.05, 0) is 23.8 Å². The lowest BCUT2D eigenvalue weighted by molar-refractivity contribution is -0.116. The second-order valence-electron chi connectivity index (χ2n) is 7.06. The quantitative estimate of drug-likeness (QED) is 0.477. The first-order chi connectivity index (χ1) is 14.1. The lowest BCUT2D eigenvalue weighted by Crippen LogP contribution is -2.18. The molecule has 0 aliphatic carbocycles. The lowest BCUT2D eigenvalue weighted by atomic mass is 10.2. The maximum Gasteiger partial charge on any atom is 0.246 e. The summed E-state index contributed by atoms with van der Waals surface area (Å²) in [5.41, 5.74) is 2.06. The van der Waals surface area contributed by atoms with Crippen molar-refractivity contribution in [3.8, 4) is 5.75 Å². The Hall–Kier alpha value is -3.19. The molecule has 4 rings (SSSR count). The number of anilines is 1. The van der Waals surface area contributed by atoms with Gasteiger partial charge in [0.2, 0.25) is 11.0 Å². The molecule has 2 aromatic heterocycles. The van der Waals surface area contributed by atoms with Crippen LogP contribution in [0.15, 0.2) is 60.8 Å². The lowest BCUT2D eigenvalue weighted by Gasteiger charge is -2.09. The molecular formula is C22H22N4O2S. The monoisotopic (exact) mass is 406 g/mol. The molecule has 4 aromatic rings. The maximum absolute atomic E-state index is 12.5. The van der Waals surface area contributed by atoms with Gasteiger partial charge >= 0.3 is 0 Å². The molecule has 0 aliphatic heterocycles. The topological polar surface area (TPSA) is 69.0 Å². The first-order valence-electron chi connectivity index (χ1n) is 9.48. The van der Waals surface area contributed by atoms with Gasteiger partial charge in [-0.1, -0.05) is 61.6 Å². The Bertz CT molecular complexity index is 1120. The van der Waals surface area contributed by atoms with Crippen molar-refractivity contribution in [3.05, 3.63) is 71.4 Å². The number of ether oxygens (including phenoxy) is 1. The van der Waals surface area contributed by atoms with E-state index in [1.807, 2.05) is 65.4 Å². The van der Waals surface area contributed by atoms with Crippen molar-refractivity contribution in [2.75, 3.05) is 5.32 Å². The average Bonchev–Trinajstić information content (AvgIpc) is 3.35. The third-order valence-corrected chi connectivity index (χ3v) is 5.64. The Morgan fingerprint density at radius 3 is 2.69 bits per heavy atom. The summed E-state index contributed by atoms with van der Waals surface area (Å²) < 4.78 is 7.92. The van der Waals surface area contributed by atoms with Gasteiger partial charge in [0.25, 0.3) is 0 Å². The molecule has 0 saturated carbocycles. The summed E-state index contributed by atoms with van der Waals surface area (Å²) in [7, 11) is 0. The SMILES string of the molecule is CC(C)c1nnc(NC(=O)Cn2ccc3c(OCc4ccccc4)cccc32)s1. The van der Waals surface area contributed by atoms with Crippen LogP contribution >= 0.6 is 11.3 Å². The molecule has 7 heteroatoms. The Balaban J connectivity index is 1.46. The molecule has 0 unspecified atom stereocenters. The minimum Gasteiger partial charge on any atom is -0.488 e. The van der Waals surface area contributed by atoms with Crippen molar-refractivity contribution in [2.45, 2.75) is 32.9 Å². The van der Waals surface area contributed by atoms with E-state index in [1.54, 1.807) is 0 Å². The van der Waals surface area contributed by atoms with E-state index in [1.165, 1.54) is 11.3 Å². The van der Waals surface area contributed by atoms with Gasteiger partial charge in [0.05, 0.1) is 5.52 Å². The van der Waals surface area contributed by atoms with Crippen LogP contribution in [0, 0.1) is 0 Å². The minimum atomic E-state index is -0.135. The van der Waals surface area contributed by atoms with E-state index in [9.17, 15) is 4.79 Å². The number of aromatic nitrogens is 3. The van der Waals surface area contributed by atoms with Crippen LogP contribution in [0.2, 0.25) is 0 Å². The molecule has 1 N–H and O–H groups in total. The number of hydrogen-bond acceptors (Lipinski definition) is 5. The number of nitrogens with zero attached hydrogens (tertiary/aromatic N) is 3. The van der Waals surface area contributed by atoms with Crippen molar-refractivity contribution in [2.24, 2.45) is 0 Å². The molecule has 1 amide bonds. The standard InChI is InChI=1S/C22H22N4O2S/c1-15(2)21-24-25-22(29-21)23-20(27)13-26-12-11-17-18(26)9-6-10-19(17)28-14-16-7-4-3-5-8-16/h3-12,15H,13-14H2,1-2H3,(H,23,25,27). The first-order valence-corrected chi connectivity index (χ1v) is 10.3. The summed E-state index contributed by atoms with van der Waals surface area (Å²) in [6, 6.07) is 17.9. The molecule has 2 heterocycles. The summed E-state index contributed by atoms with van der Waals surface area (Å²) >= 11 is 1.41. The number of amides is 1. The zero-order valence-corrected chi connectivity index (χ0v) is 17.1. The first kappa shape index (κ1) is 19.1. The van der Waals surface area contributed by atoms with Crippen LogP contribution in [-0.4, -0.2) is 20.7 Å². The molecule has 148 valence electrons. The maximum atomic E-state index is 12.5. The van der Waals surface area contributed by atoms with Gasteiger partial charge in [0, 0.05) is 17.5 Å². The number of hydrogen-bond donors (Lipinski definition) is 1. The summed E-state index contributed by atoms with van der Waals surface area (Å²) in [6.45, 7) is 4.80. The third-order valence-electron chi connectivity index (χ3n) is 4.51. The average molecular weight is 407 g/mol. The van der Waals surface area contributed by atoms with E-state index in [0.717, 1.165) is 27.2 Å². The van der Waals surface area contributed by atoms with Gasteiger partial charge in [-0.2, -0.15) is 0 Å².